The lowest BCUT2D eigenvalue weighted by molar-refractivity contribution is -0.143. The van der Waals surface area contributed by atoms with Crippen molar-refractivity contribution >= 4 is 94.1 Å². The molecule has 32 heavy (non-hydrogen) atoms. The summed E-state index contributed by atoms with van der Waals surface area (Å²) in [6.07, 6.45) is 0.712. The summed E-state index contributed by atoms with van der Waals surface area (Å²) in [5, 5.41) is 0. The van der Waals surface area contributed by atoms with Gasteiger partial charge in [0.2, 0.25) is 0 Å². The summed E-state index contributed by atoms with van der Waals surface area (Å²) >= 11 is 15.6. The molecule has 176 valence electrons. The van der Waals surface area contributed by atoms with E-state index in [4.69, 9.17) is 18.9 Å². The van der Waals surface area contributed by atoms with Crippen molar-refractivity contribution in [1.29, 1.82) is 0 Å². The molecule has 0 spiro atoms. The van der Waals surface area contributed by atoms with E-state index in [0.29, 0.717) is 0 Å². The SMILES string of the molecule is CC1(C)O[C@H]2CSC3=C(SC[C@@H]2O1)SC(=C1SC2=C(SC[C@@H]4OC(C)(C)O[C@H]4CS2)S1)S3. The van der Waals surface area contributed by atoms with Crippen LogP contribution in [0.1, 0.15) is 27.7 Å². The highest BCUT2D eigenvalue weighted by Gasteiger charge is 2.45. The minimum absolute atomic E-state index is 0.178. The van der Waals surface area contributed by atoms with E-state index in [2.05, 4.69) is 0 Å². The fourth-order valence-electron chi connectivity index (χ4n) is 4.08. The molecular weight excluding hydrogens is 561 g/mol. The number of thioether (sulfide) groups is 8. The van der Waals surface area contributed by atoms with Gasteiger partial charge in [0.1, 0.15) is 0 Å². The molecule has 0 unspecified atom stereocenters. The fraction of sp³-hybridized carbons (Fsp3) is 0.700. The molecule has 0 aromatic carbocycles. The molecule has 6 heterocycles. The third-order valence-electron chi connectivity index (χ3n) is 5.33. The van der Waals surface area contributed by atoms with Crippen molar-refractivity contribution in [2.75, 3.05) is 23.0 Å². The van der Waals surface area contributed by atoms with E-state index in [1.807, 2.05) is 122 Å². The highest BCUT2D eigenvalue weighted by molar-refractivity contribution is 8.45. The molecule has 2 fully saturated rings. The molecule has 12 heteroatoms. The van der Waals surface area contributed by atoms with E-state index in [1.54, 1.807) is 0 Å². The Kier molecular flexibility index (Phi) is 7.04. The first-order valence-electron chi connectivity index (χ1n) is 10.4. The molecule has 4 atom stereocenters. The standard InChI is InChI=1S/C20H24O4S8/c1-19(2)21-9-5-25-13-14(26-6-10(9)22-19)30-17(29-13)18-31-15-16(32-18)28-8-12-11(7-27-15)23-20(3,4)24-12/h9-12H,5-8H2,1-4H3/t9-,10-,11-,12-/m0/s1. The van der Waals surface area contributed by atoms with Gasteiger partial charge in [-0.25, -0.2) is 0 Å². The smallest absolute Gasteiger partial charge is 0.163 e. The third kappa shape index (κ3) is 5.01. The average molecular weight is 585 g/mol. The van der Waals surface area contributed by atoms with Crippen LogP contribution >= 0.6 is 94.1 Å². The quantitative estimate of drug-likeness (QED) is 0.286. The third-order valence-corrected chi connectivity index (χ3v) is 17.3. The number of hydrogen-bond donors (Lipinski definition) is 0. The summed E-state index contributed by atoms with van der Waals surface area (Å²) in [4.78, 5) is 0. The van der Waals surface area contributed by atoms with Gasteiger partial charge in [0.15, 0.2) is 11.6 Å². The maximum absolute atomic E-state index is 6.15. The van der Waals surface area contributed by atoms with Crippen molar-refractivity contribution in [2.45, 2.75) is 63.7 Å². The van der Waals surface area contributed by atoms with Crippen LogP contribution in [0.4, 0.5) is 0 Å². The summed E-state index contributed by atoms with van der Waals surface area (Å²) in [6, 6.07) is 0. The molecule has 0 aromatic rings. The van der Waals surface area contributed by atoms with Gasteiger partial charge in [-0.15, -0.1) is 47.0 Å². The molecule has 6 aliphatic rings. The topological polar surface area (TPSA) is 36.9 Å². The number of ether oxygens (including phenoxy) is 4. The molecule has 0 aromatic heterocycles. The van der Waals surface area contributed by atoms with Gasteiger partial charge in [-0.05, 0) is 27.7 Å². The van der Waals surface area contributed by atoms with Gasteiger partial charge < -0.3 is 18.9 Å². The van der Waals surface area contributed by atoms with E-state index < -0.39 is 11.6 Å². The summed E-state index contributed by atoms with van der Waals surface area (Å²) in [5.74, 6) is 2.93. The van der Waals surface area contributed by atoms with Crippen LogP contribution in [-0.2, 0) is 18.9 Å². The molecule has 0 aliphatic carbocycles. The second kappa shape index (κ2) is 9.31. The number of rotatable bonds is 0. The predicted molar refractivity (Wildman–Crippen MR) is 149 cm³/mol. The normalized spacial score (nSPS) is 38.6. The number of fused-ring (bicyclic) bond motifs is 2. The molecular formula is C20H24O4S8. The van der Waals surface area contributed by atoms with E-state index >= 15 is 0 Å². The molecule has 4 nitrogen and oxygen atoms in total. The molecule has 0 bridgehead atoms. The monoisotopic (exact) mass is 584 g/mol. The minimum atomic E-state index is -0.461. The van der Waals surface area contributed by atoms with Gasteiger partial charge in [0.25, 0.3) is 0 Å². The van der Waals surface area contributed by atoms with Gasteiger partial charge in [-0.3, -0.25) is 0 Å². The van der Waals surface area contributed by atoms with Crippen molar-refractivity contribution in [3.8, 4) is 0 Å². The van der Waals surface area contributed by atoms with Gasteiger partial charge >= 0.3 is 0 Å². The largest absolute Gasteiger partial charge is 0.344 e. The molecule has 0 amide bonds. The van der Waals surface area contributed by atoms with Crippen LogP contribution in [0, 0.1) is 0 Å². The lowest BCUT2D eigenvalue weighted by atomic mass is 10.3. The zero-order valence-electron chi connectivity index (χ0n) is 18.0. The van der Waals surface area contributed by atoms with Crippen LogP contribution in [0.5, 0.6) is 0 Å². The van der Waals surface area contributed by atoms with E-state index in [1.165, 1.54) is 25.4 Å². The highest BCUT2D eigenvalue weighted by Crippen LogP contribution is 2.67. The van der Waals surface area contributed by atoms with Gasteiger partial charge in [0.05, 0.1) is 49.8 Å². The van der Waals surface area contributed by atoms with E-state index in [-0.39, 0.29) is 24.4 Å². The molecule has 6 aliphatic heterocycles. The van der Waals surface area contributed by atoms with Gasteiger partial charge in [-0.2, -0.15) is 0 Å². The maximum atomic E-state index is 6.15. The van der Waals surface area contributed by atoms with E-state index in [0.717, 1.165) is 23.0 Å². The summed E-state index contributed by atoms with van der Waals surface area (Å²) < 4.78 is 33.2. The van der Waals surface area contributed by atoms with Gasteiger partial charge in [0, 0.05) is 23.0 Å². The van der Waals surface area contributed by atoms with Crippen LogP contribution < -0.4 is 0 Å². The maximum Gasteiger partial charge on any atom is 0.163 e. The Balaban J connectivity index is 1.11. The number of hydrogen-bond acceptors (Lipinski definition) is 12. The predicted octanol–water partition coefficient (Wildman–Crippen LogP) is 7.33. The average Bonchev–Trinajstić information content (AvgIpc) is 3.42. The molecule has 0 radical (unpaired) electrons. The fourth-order valence-corrected chi connectivity index (χ4v) is 16.4. The molecule has 6 rings (SSSR count). The van der Waals surface area contributed by atoms with Gasteiger partial charge in [-0.1, -0.05) is 47.0 Å². The Labute approximate surface area is 223 Å². The lowest BCUT2D eigenvalue weighted by Crippen LogP contribution is -2.27. The van der Waals surface area contributed by atoms with Crippen molar-refractivity contribution in [3.63, 3.8) is 0 Å². The highest BCUT2D eigenvalue weighted by atomic mass is 32.3. The molecule has 0 N–H and O–H groups in total. The van der Waals surface area contributed by atoms with Crippen LogP contribution in [-0.4, -0.2) is 59.0 Å². The zero-order valence-corrected chi connectivity index (χ0v) is 24.6. The van der Waals surface area contributed by atoms with Crippen LogP contribution in [0.2, 0.25) is 0 Å². The Bertz CT molecular complexity index is 777. The minimum Gasteiger partial charge on any atom is -0.344 e. The van der Waals surface area contributed by atoms with Crippen molar-refractivity contribution in [1.82, 2.24) is 0 Å². The second-order valence-corrected chi connectivity index (χ2v) is 18.6. The van der Waals surface area contributed by atoms with Crippen LogP contribution in [0.15, 0.2) is 25.4 Å². The first-order chi connectivity index (χ1) is 15.2. The molecule has 0 saturated carbocycles. The zero-order chi connectivity index (χ0) is 22.1. The first-order valence-corrected chi connectivity index (χ1v) is 17.6. The Morgan fingerprint density at radius 3 is 0.969 bits per heavy atom. The second-order valence-electron chi connectivity index (χ2n) is 8.80. The van der Waals surface area contributed by atoms with Crippen LogP contribution in [0.3, 0.4) is 0 Å². The molecule has 2 saturated heterocycles. The van der Waals surface area contributed by atoms with Crippen molar-refractivity contribution in [3.05, 3.63) is 25.4 Å². The summed E-state index contributed by atoms with van der Waals surface area (Å²) in [7, 11) is 0. The van der Waals surface area contributed by atoms with Crippen molar-refractivity contribution in [2.24, 2.45) is 0 Å². The summed E-state index contributed by atoms with van der Waals surface area (Å²) in [5.41, 5.74) is 0. The lowest BCUT2D eigenvalue weighted by Gasteiger charge is -2.19. The van der Waals surface area contributed by atoms with Crippen LogP contribution in [0.25, 0.3) is 0 Å². The Hall–Kier alpha value is 1.86. The summed E-state index contributed by atoms with van der Waals surface area (Å²) in [6.45, 7) is 8.10. The van der Waals surface area contributed by atoms with Crippen molar-refractivity contribution < 1.29 is 18.9 Å². The Morgan fingerprint density at radius 1 is 0.469 bits per heavy atom. The first kappa shape index (κ1) is 24.2. The Morgan fingerprint density at radius 2 is 0.719 bits per heavy atom. The van der Waals surface area contributed by atoms with E-state index in [9.17, 15) is 0 Å².